The summed E-state index contributed by atoms with van der Waals surface area (Å²) in [6.07, 6.45) is -0.893. The van der Waals surface area contributed by atoms with Gasteiger partial charge in [0.15, 0.2) is 41.4 Å². The second-order valence-electron chi connectivity index (χ2n) is 29.3. The number of phenolic OH excluding ortho intramolecular Hbond substituents is 2. The number of hydrogen-bond donors (Lipinski definition) is 31. The fourth-order valence-electron chi connectivity index (χ4n) is 12.1. The van der Waals surface area contributed by atoms with E-state index in [9.17, 15) is 67.7 Å². The van der Waals surface area contributed by atoms with Crippen LogP contribution in [-0.4, -0.2) is 216 Å². The van der Waals surface area contributed by atoms with Crippen molar-refractivity contribution in [2.45, 2.75) is 183 Å². The largest absolute Gasteiger partial charge is 0.508 e. The van der Waals surface area contributed by atoms with Crippen LogP contribution in [0.5, 0.6) is 23.0 Å². The Hall–Kier alpha value is -13.7. The summed E-state index contributed by atoms with van der Waals surface area (Å²) in [5, 5.41) is 108. The van der Waals surface area contributed by atoms with E-state index >= 15 is 0 Å². The van der Waals surface area contributed by atoms with Crippen LogP contribution in [0, 0.1) is 32.5 Å². The predicted octanol–water partition coefficient (Wildman–Crippen LogP) is -5.56. The normalized spacial score (nSPS) is 13.8. The molecule has 0 saturated heterocycles. The highest BCUT2D eigenvalue weighted by Crippen LogP contribution is 2.57. The SMILES string of the molecule is CC(C)(NC(=O)[C@H](CCCNC(=N)N)NC(=O)[C@H](CCCNC(=N)N)NC(=O)C(C)(C)NC(=O)[C@H](CCCNC(=N)N)NC(=O)[C@H](CCCNC(=N)N)NC(=O)C(C)(C)NC(=O)[C@H](CCCNC(=N)N)NC(=O)[C@H](CCCNC(=N)N)NC(=O)CCNC(=O)c1ccc2c(c1)C1(OC2=O)c2ccc(O)cc2Oc2cc(O)ccc21)C(N)=O. The molecule has 5 rings (SSSR count). The van der Waals surface area contributed by atoms with E-state index in [-0.39, 0.29) is 169 Å². The third-order valence-electron chi connectivity index (χ3n) is 18.4. The van der Waals surface area contributed by atoms with E-state index in [1.54, 1.807) is 0 Å². The number of benzene rings is 3. The number of nitrogens with one attached hydrogen (secondary N) is 22. The van der Waals surface area contributed by atoms with Crippen LogP contribution in [0.2, 0.25) is 0 Å². The lowest BCUT2D eigenvalue weighted by Crippen LogP contribution is -2.64. The van der Waals surface area contributed by atoms with E-state index in [0.717, 1.165) is 0 Å². The van der Waals surface area contributed by atoms with Gasteiger partial charge in [0.25, 0.3) is 5.91 Å². The maximum absolute atomic E-state index is 14.7. The number of hydrogen-bond acceptors (Lipinski definition) is 22. The lowest BCUT2D eigenvalue weighted by atomic mass is 9.77. The van der Waals surface area contributed by atoms with Crippen LogP contribution in [0.25, 0.3) is 0 Å². The number of nitrogens with two attached hydrogens (primary N) is 7. The number of primary amides is 1. The van der Waals surface area contributed by atoms with E-state index < -0.39 is 166 Å². The number of aromatic hydroxyl groups is 2. The molecule has 2 heterocycles. The average molecular weight is 1640 g/mol. The molecule has 117 heavy (non-hydrogen) atoms. The molecule has 0 fully saturated rings. The second-order valence-corrected chi connectivity index (χ2v) is 29.3. The van der Waals surface area contributed by atoms with Gasteiger partial charge < -0.3 is 145 Å². The first kappa shape index (κ1) is 93.9. The maximum Gasteiger partial charge on any atom is 0.340 e. The van der Waals surface area contributed by atoms with E-state index in [1.807, 2.05) is 0 Å². The Balaban J connectivity index is 1.35. The molecule has 640 valence electrons. The Morgan fingerprint density at radius 2 is 0.709 bits per heavy atom. The third-order valence-corrected chi connectivity index (χ3v) is 18.4. The number of guanidine groups is 6. The number of carbonyl (C=O) groups is 12. The van der Waals surface area contributed by atoms with Gasteiger partial charge in [0, 0.05) is 86.6 Å². The zero-order chi connectivity index (χ0) is 87.3. The zero-order valence-corrected chi connectivity index (χ0v) is 66.0. The molecule has 0 saturated carbocycles. The highest BCUT2D eigenvalue weighted by atomic mass is 16.6. The van der Waals surface area contributed by atoms with Crippen molar-refractivity contribution in [1.82, 2.24) is 85.1 Å². The number of esters is 1. The van der Waals surface area contributed by atoms with Gasteiger partial charge in [-0.2, -0.15) is 0 Å². The van der Waals surface area contributed by atoms with Crippen molar-refractivity contribution in [2.24, 2.45) is 40.1 Å². The smallest absolute Gasteiger partial charge is 0.340 e. The molecule has 2 aliphatic heterocycles. The first-order valence-electron chi connectivity index (χ1n) is 37.4. The maximum atomic E-state index is 14.7. The van der Waals surface area contributed by atoms with Gasteiger partial charge in [0.2, 0.25) is 59.1 Å². The molecule has 0 bridgehead atoms. The summed E-state index contributed by atoms with van der Waals surface area (Å²) in [7, 11) is 0. The number of amides is 11. The topological polar surface area (TPSA) is 781 Å². The lowest BCUT2D eigenvalue weighted by molar-refractivity contribution is -0.138. The molecule has 0 aliphatic carbocycles. The first-order chi connectivity index (χ1) is 54.9. The van der Waals surface area contributed by atoms with Crippen LogP contribution in [-0.2, 0) is 58.3 Å². The summed E-state index contributed by atoms with van der Waals surface area (Å²) in [5.74, 6) is -13.2. The van der Waals surface area contributed by atoms with Gasteiger partial charge in [-0.15, -0.1) is 0 Å². The summed E-state index contributed by atoms with van der Waals surface area (Å²) in [6.45, 7) is 7.64. The van der Waals surface area contributed by atoms with Crippen molar-refractivity contribution >= 4 is 107 Å². The van der Waals surface area contributed by atoms with Crippen LogP contribution in [0.3, 0.4) is 0 Å². The molecule has 0 aromatic heterocycles. The Kier molecular flexibility index (Phi) is 34.5. The summed E-state index contributed by atoms with van der Waals surface area (Å²) < 4.78 is 12.2. The van der Waals surface area contributed by atoms with E-state index in [4.69, 9.17) is 82.1 Å². The lowest BCUT2D eigenvalue weighted by Gasteiger charge is -2.36. The molecule has 3 aromatic rings. The molecular weight excluding hydrogens is 1530 g/mol. The van der Waals surface area contributed by atoms with Crippen molar-refractivity contribution in [3.63, 3.8) is 0 Å². The minimum absolute atomic E-state index is 0.00715. The van der Waals surface area contributed by atoms with Crippen LogP contribution in [0.4, 0.5) is 0 Å². The van der Waals surface area contributed by atoms with Crippen molar-refractivity contribution < 1.29 is 77.2 Å². The van der Waals surface area contributed by atoms with Crippen LogP contribution < -0.4 is 130 Å². The summed E-state index contributed by atoms with van der Waals surface area (Å²) in [6, 6.07) is 3.71. The number of rotatable bonds is 46. The quantitative estimate of drug-likeness (QED) is 0.0109. The molecule has 6 atom stereocenters. The van der Waals surface area contributed by atoms with Gasteiger partial charge >= 0.3 is 5.97 Å². The van der Waals surface area contributed by atoms with E-state index in [2.05, 4.69) is 85.1 Å². The molecule has 11 amide bonds. The minimum Gasteiger partial charge on any atom is -0.508 e. The Bertz CT molecular complexity index is 4180. The molecule has 38 N–H and O–H groups in total. The molecule has 1 spiro atoms. The zero-order valence-electron chi connectivity index (χ0n) is 66.0. The highest BCUT2D eigenvalue weighted by molar-refractivity contribution is 6.03. The number of carbonyl (C=O) groups excluding carboxylic acids is 12. The van der Waals surface area contributed by atoms with Crippen molar-refractivity contribution in [1.29, 1.82) is 32.5 Å². The van der Waals surface area contributed by atoms with Gasteiger partial charge in [0.05, 0.1) is 5.56 Å². The predicted molar refractivity (Wildman–Crippen MR) is 427 cm³/mol. The van der Waals surface area contributed by atoms with Gasteiger partial charge in [-0.05, 0) is 161 Å². The molecule has 45 heteroatoms. The average Bonchev–Trinajstić information content (AvgIpc) is 1.58. The molecule has 0 unspecified atom stereocenters. The summed E-state index contributed by atoms with van der Waals surface area (Å²) in [4.78, 5) is 169. The second kappa shape index (κ2) is 43.0. The first-order valence-corrected chi connectivity index (χ1v) is 37.4. The fourth-order valence-corrected chi connectivity index (χ4v) is 12.1. The molecule has 3 aromatic carbocycles. The number of phenols is 2. The summed E-state index contributed by atoms with van der Waals surface area (Å²) in [5.41, 5.74) is 32.3. The van der Waals surface area contributed by atoms with Gasteiger partial charge in [0.1, 0.15) is 75.9 Å². The molecule has 0 radical (unpaired) electrons. The molecule has 2 aliphatic rings. The fraction of sp³-hybridized carbons (Fsp3) is 0.500. The van der Waals surface area contributed by atoms with E-state index in [0.29, 0.717) is 11.1 Å². The standard InChI is InChI=1S/C72H111N29O16/c1-69(2,60(73)113)99-56(109)46(16-10-29-90-66(80)81)95-54(107)44(14-8-27-88-64(76)77)97-62(115)71(5,6)101-58(111)48(18-12-31-92-68(84)85)96-55(108)45(15-9-28-89-65(78)79)98-61(114)70(3,4)100-57(110)47(17-11-30-91-67(82)83)94-53(106)43(13-7-26-87-63(74)75)93-51(104)25-32-86-52(105)36-19-22-39-42(33-36)72(117-59(39)112)40-23-20-37(102)34-49(40)116-50-35-38(103)21-24-41(50)72/h19-24,33-35,43-48,102-103H,7-18,25-32H2,1-6H3,(H2,73,113)(H,86,105)(H,93,104)(H,94,106)(H,95,107)(H,96,108)(H,97,115)(H,98,114)(H,99,109)(H,100,110)(H,101,111)(H4,74,75,87)(H4,76,77,88)(H4,78,79,89)(H4,80,81,90)(H4,82,83,91)(H4,84,85,92)/t43-,44-,45-,46-,47-,48-/m0/s1. The molecular formula is C72H111N29O16. The highest BCUT2D eigenvalue weighted by Gasteiger charge is 2.54. The monoisotopic (exact) mass is 1640 g/mol. The molecule has 45 nitrogen and oxygen atoms in total. The van der Waals surface area contributed by atoms with Crippen molar-refractivity contribution in [3.05, 3.63) is 82.4 Å². The third kappa shape index (κ3) is 28.7. The van der Waals surface area contributed by atoms with Crippen molar-refractivity contribution in [2.75, 3.05) is 45.8 Å². The Labute approximate surface area is 673 Å². The number of fused-ring (bicyclic) bond motifs is 6. The van der Waals surface area contributed by atoms with Crippen LogP contribution in [0.1, 0.15) is 162 Å². The Morgan fingerprint density at radius 1 is 0.393 bits per heavy atom. The minimum atomic E-state index is -1.97. The van der Waals surface area contributed by atoms with Crippen LogP contribution >= 0.6 is 0 Å². The van der Waals surface area contributed by atoms with Crippen LogP contribution in [0.15, 0.2) is 54.6 Å². The van der Waals surface area contributed by atoms with Gasteiger partial charge in [-0.1, -0.05) is 0 Å². The van der Waals surface area contributed by atoms with E-state index in [1.165, 1.54) is 96.1 Å². The van der Waals surface area contributed by atoms with Gasteiger partial charge in [-0.3, -0.25) is 85.2 Å². The van der Waals surface area contributed by atoms with Crippen molar-refractivity contribution in [3.8, 4) is 23.0 Å². The number of ether oxygens (including phenoxy) is 2. The Morgan fingerprint density at radius 3 is 1.03 bits per heavy atom. The summed E-state index contributed by atoms with van der Waals surface area (Å²) >= 11 is 0. The van der Waals surface area contributed by atoms with Gasteiger partial charge in [-0.25, -0.2) is 4.79 Å².